The molecule has 10 heteroatoms. The third-order valence-electron chi connectivity index (χ3n) is 5.87. The molecule has 33 heavy (non-hydrogen) atoms. The number of fused-ring (bicyclic) bond motifs is 1. The lowest BCUT2D eigenvalue weighted by Gasteiger charge is -2.24. The van der Waals surface area contributed by atoms with Gasteiger partial charge in [-0.05, 0) is 24.6 Å². The number of likely N-dealkylation sites (tertiary alicyclic amines) is 1. The van der Waals surface area contributed by atoms with Crippen molar-refractivity contribution in [2.75, 3.05) is 6.54 Å². The quantitative estimate of drug-likeness (QED) is 0.455. The van der Waals surface area contributed by atoms with Crippen molar-refractivity contribution in [1.29, 1.82) is 0 Å². The summed E-state index contributed by atoms with van der Waals surface area (Å²) in [5.41, 5.74) is 1.08. The van der Waals surface area contributed by atoms with E-state index in [1.165, 1.54) is 10.8 Å². The van der Waals surface area contributed by atoms with Crippen molar-refractivity contribution < 1.29 is 23.3 Å². The Bertz CT molecular complexity index is 1240. The number of nitrogens with one attached hydrogen (secondary N) is 1. The number of aromatic nitrogens is 1. The molecule has 1 aromatic heterocycles. The summed E-state index contributed by atoms with van der Waals surface area (Å²) < 4.78 is 29.8. The SMILES string of the molecule is Cc1cccc(CNC(=O)[C@@H]2C[C@@H](F)CN2C(=O)Cn2cc([N+](=O)[O-])c3ccccc32)c1F. The smallest absolute Gasteiger partial charge is 0.294 e. The van der Waals surface area contributed by atoms with Gasteiger partial charge < -0.3 is 14.8 Å². The first-order chi connectivity index (χ1) is 15.8. The van der Waals surface area contributed by atoms with E-state index in [1.807, 2.05) is 0 Å². The Morgan fingerprint density at radius 1 is 1.21 bits per heavy atom. The maximum absolute atomic E-state index is 14.2. The van der Waals surface area contributed by atoms with Crippen LogP contribution in [0, 0.1) is 22.9 Å². The molecular formula is C23H22F2N4O4. The second-order valence-corrected chi connectivity index (χ2v) is 8.08. The van der Waals surface area contributed by atoms with Crippen molar-refractivity contribution in [3.63, 3.8) is 0 Å². The maximum Gasteiger partial charge on any atom is 0.294 e. The molecular weight excluding hydrogens is 434 g/mol. The Balaban J connectivity index is 1.50. The summed E-state index contributed by atoms with van der Waals surface area (Å²) in [6.07, 6.45) is -0.280. The number of nitrogens with zero attached hydrogens (tertiary/aromatic N) is 3. The minimum absolute atomic E-state index is 0.0870. The minimum Gasteiger partial charge on any atom is -0.350 e. The lowest BCUT2D eigenvalue weighted by molar-refractivity contribution is -0.383. The van der Waals surface area contributed by atoms with Crippen LogP contribution in [0.4, 0.5) is 14.5 Å². The Morgan fingerprint density at radius 2 is 1.97 bits per heavy atom. The highest BCUT2D eigenvalue weighted by atomic mass is 19.1. The van der Waals surface area contributed by atoms with Crippen LogP contribution in [0.25, 0.3) is 10.9 Å². The molecule has 1 fully saturated rings. The normalized spacial score (nSPS) is 18.0. The second kappa shape index (κ2) is 8.97. The Labute approximate surface area is 187 Å². The van der Waals surface area contributed by atoms with Gasteiger partial charge in [0.15, 0.2) is 0 Å². The fourth-order valence-corrected chi connectivity index (χ4v) is 4.19. The van der Waals surface area contributed by atoms with E-state index in [0.29, 0.717) is 22.0 Å². The predicted octanol–water partition coefficient (Wildman–Crippen LogP) is 3.25. The van der Waals surface area contributed by atoms with Crippen molar-refractivity contribution in [2.45, 2.75) is 38.6 Å². The van der Waals surface area contributed by atoms with Crippen LogP contribution in [-0.4, -0.2) is 45.0 Å². The number of para-hydroxylation sites is 1. The second-order valence-electron chi connectivity index (χ2n) is 8.08. The van der Waals surface area contributed by atoms with E-state index in [2.05, 4.69) is 5.32 Å². The van der Waals surface area contributed by atoms with Gasteiger partial charge in [-0.1, -0.05) is 30.3 Å². The molecule has 2 aromatic carbocycles. The zero-order valence-electron chi connectivity index (χ0n) is 17.8. The van der Waals surface area contributed by atoms with Gasteiger partial charge in [0, 0.05) is 18.5 Å². The van der Waals surface area contributed by atoms with Crippen LogP contribution >= 0.6 is 0 Å². The van der Waals surface area contributed by atoms with Crippen LogP contribution < -0.4 is 5.32 Å². The summed E-state index contributed by atoms with van der Waals surface area (Å²) in [5.74, 6) is -1.54. The van der Waals surface area contributed by atoms with Crippen molar-refractivity contribution in [3.8, 4) is 0 Å². The summed E-state index contributed by atoms with van der Waals surface area (Å²) in [4.78, 5) is 37.7. The van der Waals surface area contributed by atoms with Crippen LogP contribution in [0.1, 0.15) is 17.5 Å². The van der Waals surface area contributed by atoms with Crippen molar-refractivity contribution in [3.05, 3.63) is 75.7 Å². The molecule has 0 aliphatic carbocycles. The van der Waals surface area contributed by atoms with Gasteiger partial charge in [0.05, 0.1) is 28.6 Å². The molecule has 0 spiro atoms. The highest BCUT2D eigenvalue weighted by molar-refractivity contribution is 5.92. The summed E-state index contributed by atoms with van der Waals surface area (Å²) >= 11 is 0. The average Bonchev–Trinajstić information content (AvgIpc) is 3.36. The molecule has 0 radical (unpaired) electrons. The highest BCUT2D eigenvalue weighted by Gasteiger charge is 2.40. The zero-order valence-corrected chi connectivity index (χ0v) is 17.8. The van der Waals surface area contributed by atoms with Crippen LogP contribution in [0.3, 0.4) is 0 Å². The number of hydrogen-bond acceptors (Lipinski definition) is 4. The van der Waals surface area contributed by atoms with Gasteiger partial charge in [-0.2, -0.15) is 0 Å². The van der Waals surface area contributed by atoms with E-state index < -0.39 is 34.8 Å². The van der Waals surface area contributed by atoms with Crippen molar-refractivity contribution in [2.24, 2.45) is 0 Å². The van der Waals surface area contributed by atoms with Crippen LogP contribution in [0.5, 0.6) is 0 Å². The average molecular weight is 456 g/mol. The summed E-state index contributed by atoms with van der Waals surface area (Å²) in [5, 5.41) is 14.3. The first-order valence-electron chi connectivity index (χ1n) is 10.4. The fraction of sp³-hybridized carbons (Fsp3) is 0.304. The standard InChI is InChI=1S/C23H22F2N4O4/c1-14-5-4-6-15(22(14)25)10-26-23(31)19-9-16(24)11-28(19)21(30)13-27-12-20(29(32)33)17-7-2-3-8-18(17)27/h2-8,12,16,19H,9-11,13H2,1H3,(H,26,31)/t16-,19+/m1/s1. The van der Waals surface area contributed by atoms with E-state index in [1.54, 1.807) is 49.4 Å². The lowest BCUT2D eigenvalue weighted by atomic mass is 10.1. The lowest BCUT2D eigenvalue weighted by Crippen LogP contribution is -2.46. The van der Waals surface area contributed by atoms with Gasteiger partial charge in [-0.25, -0.2) is 8.78 Å². The third-order valence-corrected chi connectivity index (χ3v) is 5.87. The molecule has 8 nitrogen and oxygen atoms in total. The van der Waals surface area contributed by atoms with E-state index >= 15 is 0 Å². The van der Waals surface area contributed by atoms with Crippen LogP contribution in [-0.2, 0) is 22.7 Å². The summed E-state index contributed by atoms with van der Waals surface area (Å²) in [6, 6.07) is 10.4. The number of alkyl halides is 1. The zero-order chi connectivity index (χ0) is 23.7. The first kappa shape index (κ1) is 22.4. The van der Waals surface area contributed by atoms with E-state index in [9.17, 15) is 28.5 Å². The van der Waals surface area contributed by atoms with Gasteiger partial charge in [-0.15, -0.1) is 0 Å². The Morgan fingerprint density at radius 3 is 2.73 bits per heavy atom. The number of hydrogen-bond donors (Lipinski definition) is 1. The summed E-state index contributed by atoms with van der Waals surface area (Å²) in [7, 11) is 0. The molecule has 1 saturated heterocycles. The molecule has 2 atom stereocenters. The molecule has 2 amide bonds. The number of carbonyl (C=O) groups excluding carboxylic acids is 2. The molecule has 3 aromatic rings. The number of benzene rings is 2. The molecule has 0 bridgehead atoms. The maximum atomic E-state index is 14.2. The molecule has 1 aliphatic rings. The van der Waals surface area contributed by atoms with Crippen molar-refractivity contribution in [1.82, 2.24) is 14.8 Å². The Kier molecular flexibility index (Phi) is 6.08. The first-order valence-corrected chi connectivity index (χ1v) is 10.4. The number of amides is 2. The third kappa shape index (κ3) is 4.41. The molecule has 0 unspecified atom stereocenters. The fourth-order valence-electron chi connectivity index (χ4n) is 4.19. The molecule has 0 saturated carbocycles. The summed E-state index contributed by atoms with van der Waals surface area (Å²) in [6.45, 7) is 0.992. The van der Waals surface area contributed by atoms with Gasteiger partial charge in [-0.3, -0.25) is 19.7 Å². The molecule has 4 rings (SSSR count). The largest absolute Gasteiger partial charge is 0.350 e. The molecule has 1 aliphatic heterocycles. The minimum atomic E-state index is -1.38. The van der Waals surface area contributed by atoms with Crippen LogP contribution in [0.2, 0.25) is 0 Å². The number of halogens is 2. The highest BCUT2D eigenvalue weighted by Crippen LogP contribution is 2.28. The topological polar surface area (TPSA) is 97.5 Å². The Hall–Kier alpha value is -3.82. The van der Waals surface area contributed by atoms with E-state index in [-0.39, 0.29) is 31.7 Å². The molecule has 2 heterocycles. The van der Waals surface area contributed by atoms with Gasteiger partial charge >= 0.3 is 0 Å². The van der Waals surface area contributed by atoms with Gasteiger partial charge in [0.25, 0.3) is 5.69 Å². The monoisotopic (exact) mass is 456 g/mol. The van der Waals surface area contributed by atoms with Gasteiger partial charge in [0.2, 0.25) is 11.8 Å². The predicted molar refractivity (Wildman–Crippen MR) is 117 cm³/mol. The van der Waals surface area contributed by atoms with Crippen LogP contribution in [0.15, 0.2) is 48.7 Å². The number of aryl methyl sites for hydroxylation is 1. The number of rotatable bonds is 6. The van der Waals surface area contributed by atoms with E-state index in [4.69, 9.17) is 0 Å². The molecule has 1 N–H and O–H groups in total. The van der Waals surface area contributed by atoms with E-state index in [0.717, 1.165) is 4.90 Å². The van der Waals surface area contributed by atoms with Gasteiger partial charge in [0.1, 0.15) is 24.6 Å². The number of nitro groups is 1. The van der Waals surface area contributed by atoms with Crippen molar-refractivity contribution >= 4 is 28.4 Å². The molecule has 172 valence electrons. The number of carbonyl (C=O) groups is 2.